The SMILES string of the molecule is Cc1cccc2cc(C(N)C(C)C)oc12. The standard InChI is InChI=1S/C13H17NO/c1-8(2)12(14)11-7-10-6-4-5-9(3)13(10)15-11/h4-8,12H,14H2,1-3H3. The quantitative estimate of drug-likeness (QED) is 0.812. The molecule has 0 aliphatic rings. The van der Waals surface area contributed by atoms with E-state index in [4.69, 9.17) is 10.2 Å². The van der Waals surface area contributed by atoms with Gasteiger partial charge in [0.15, 0.2) is 0 Å². The average molecular weight is 203 g/mol. The van der Waals surface area contributed by atoms with Crippen molar-refractivity contribution in [3.8, 4) is 0 Å². The Balaban J connectivity index is 2.52. The van der Waals surface area contributed by atoms with Crippen molar-refractivity contribution in [1.29, 1.82) is 0 Å². The first-order chi connectivity index (χ1) is 7.09. The molecule has 2 nitrogen and oxygen atoms in total. The molecule has 0 fully saturated rings. The molecule has 0 aliphatic carbocycles. The van der Waals surface area contributed by atoms with Crippen molar-refractivity contribution >= 4 is 11.0 Å². The average Bonchev–Trinajstić information content (AvgIpc) is 2.61. The van der Waals surface area contributed by atoms with E-state index in [1.54, 1.807) is 0 Å². The summed E-state index contributed by atoms with van der Waals surface area (Å²) < 4.78 is 5.80. The lowest BCUT2D eigenvalue weighted by molar-refractivity contribution is 0.418. The third-order valence-corrected chi connectivity index (χ3v) is 2.81. The maximum Gasteiger partial charge on any atom is 0.137 e. The van der Waals surface area contributed by atoms with Crippen molar-refractivity contribution in [2.75, 3.05) is 0 Å². The molecule has 0 spiro atoms. The van der Waals surface area contributed by atoms with Crippen LogP contribution in [0, 0.1) is 12.8 Å². The number of furan rings is 1. The van der Waals surface area contributed by atoms with Crippen molar-refractivity contribution in [1.82, 2.24) is 0 Å². The second-order valence-electron chi connectivity index (χ2n) is 4.41. The van der Waals surface area contributed by atoms with Gasteiger partial charge in [-0.15, -0.1) is 0 Å². The van der Waals surface area contributed by atoms with Crippen LogP contribution >= 0.6 is 0 Å². The summed E-state index contributed by atoms with van der Waals surface area (Å²) >= 11 is 0. The van der Waals surface area contributed by atoms with Gasteiger partial charge >= 0.3 is 0 Å². The fourth-order valence-corrected chi connectivity index (χ4v) is 1.72. The van der Waals surface area contributed by atoms with Gasteiger partial charge in [0.05, 0.1) is 6.04 Å². The van der Waals surface area contributed by atoms with Crippen molar-refractivity contribution in [2.45, 2.75) is 26.8 Å². The number of hydrogen-bond acceptors (Lipinski definition) is 2. The van der Waals surface area contributed by atoms with E-state index >= 15 is 0 Å². The molecule has 1 aromatic carbocycles. The van der Waals surface area contributed by atoms with Crippen LogP contribution in [0.2, 0.25) is 0 Å². The first kappa shape index (κ1) is 10.2. The van der Waals surface area contributed by atoms with E-state index in [9.17, 15) is 0 Å². The minimum absolute atomic E-state index is 0.0169. The summed E-state index contributed by atoms with van der Waals surface area (Å²) in [6, 6.07) is 8.18. The molecule has 1 heterocycles. The van der Waals surface area contributed by atoms with Crippen LogP contribution < -0.4 is 5.73 Å². The van der Waals surface area contributed by atoms with Crippen LogP contribution in [-0.2, 0) is 0 Å². The summed E-state index contributed by atoms with van der Waals surface area (Å²) in [5, 5.41) is 1.14. The number of fused-ring (bicyclic) bond motifs is 1. The molecule has 0 radical (unpaired) electrons. The second kappa shape index (κ2) is 3.70. The molecule has 15 heavy (non-hydrogen) atoms. The van der Waals surface area contributed by atoms with Crippen LogP contribution in [0.4, 0.5) is 0 Å². The van der Waals surface area contributed by atoms with Gasteiger partial charge in [-0.2, -0.15) is 0 Å². The smallest absolute Gasteiger partial charge is 0.137 e. The van der Waals surface area contributed by atoms with Crippen molar-refractivity contribution in [3.63, 3.8) is 0 Å². The predicted octanol–water partition coefficient (Wildman–Crippen LogP) is 3.40. The van der Waals surface area contributed by atoms with Crippen LogP contribution in [0.3, 0.4) is 0 Å². The molecule has 80 valence electrons. The van der Waals surface area contributed by atoms with E-state index in [1.807, 2.05) is 12.1 Å². The highest BCUT2D eigenvalue weighted by atomic mass is 16.3. The number of rotatable bonds is 2. The highest BCUT2D eigenvalue weighted by Crippen LogP contribution is 2.28. The summed E-state index contributed by atoms with van der Waals surface area (Å²) in [4.78, 5) is 0. The number of hydrogen-bond donors (Lipinski definition) is 1. The van der Waals surface area contributed by atoms with E-state index in [1.165, 1.54) is 0 Å². The van der Waals surface area contributed by atoms with Crippen LogP contribution in [0.5, 0.6) is 0 Å². The lowest BCUT2D eigenvalue weighted by Crippen LogP contribution is -2.15. The van der Waals surface area contributed by atoms with E-state index < -0.39 is 0 Å². The van der Waals surface area contributed by atoms with E-state index in [0.29, 0.717) is 5.92 Å². The monoisotopic (exact) mass is 203 g/mol. The van der Waals surface area contributed by atoms with Gasteiger partial charge in [0.1, 0.15) is 11.3 Å². The molecule has 2 aromatic rings. The van der Waals surface area contributed by atoms with Gasteiger partial charge in [0.2, 0.25) is 0 Å². The first-order valence-corrected chi connectivity index (χ1v) is 5.34. The molecule has 0 bridgehead atoms. The van der Waals surface area contributed by atoms with Crippen molar-refractivity contribution in [3.05, 3.63) is 35.6 Å². The Morgan fingerprint density at radius 3 is 2.60 bits per heavy atom. The molecule has 0 amide bonds. The zero-order valence-electron chi connectivity index (χ0n) is 9.45. The maximum atomic E-state index is 6.06. The number of aryl methyl sites for hydroxylation is 1. The Hall–Kier alpha value is -1.28. The zero-order valence-corrected chi connectivity index (χ0v) is 9.45. The Kier molecular flexibility index (Phi) is 2.53. The van der Waals surface area contributed by atoms with Gasteiger partial charge in [0.25, 0.3) is 0 Å². The highest BCUT2D eigenvalue weighted by molar-refractivity contribution is 5.80. The van der Waals surface area contributed by atoms with Crippen LogP contribution in [0.15, 0.2) is 28.7 Å². The van der Waals surface area contributed by atoms with E-state index in [-0.39, 0.29) is 6.04 Å². The van der Waals surface area contributed by atoms with Gasteiger partial charge in [-0.05, 0) is 24.5 Å². The van der Waals surface area contributed by atoms with Gasteiger partial charge in [0, 0.05) is 5.39 Å². The molecule has 0 saturated heterocycles. The number of para-hydroxylation sites is 1. The largest absolute Gasteiger partial charge is 0.459 e. The fourth-order valence-electron chi connectivity index (χ4n) is 1.72. The Morgan fingerprint density at radius 2 is 2.00 bits per heavy atom. The summed E-state index contributed by atoms with van der Waals surface area (Å²) in [6.07, 6.45) is 0. The van der Waals surface area contributed by atoms with Crippen LogP contribution in [0.1, 0.15) is 31.2 Å². The minimum Gasteiger partial charge on any atom is -0.459 e. The van der Waals surface area contributed by atoms with Gasteiger partial charge in [-0.3, -0.25) is 0 Å². The number of benzene rings is 1. The summed E-state index contributed by atoms with van der Waals surface area (Å²) in [5.74, 6) is 1.28. The molecule has 0 aliphatic heterocycles. The molecular formula is C13H17NO. The van der Waals surface area contributed by atoms with Crippen LogP contribution in [0.25, 0.3) is 11.0 Å². The lowest BCUT2D eigenvalue weighted by Gasteiger charge is -2.11. The Bertz CT molecular complexity index is 470. The molecular weight excluding hydrogens is 186 g/mol. The predicted molar refractivity (Wildman–Crippen MR) is 62.7 cm³/mol. The third-order valence-electron chi connectivity index (χ3n) is 2.81. The maximum absolute atomic E-state index is 6.06. The molecule has 1 atom stereocenters. The summed E-state index contributed by atoms with van der Waals surface area (Å²) in [5.41, 5.74) is 8.18. The number of nitrogens with two attached hydrogens (primary N) is 1. The fraction of sp³-hybridized carbons (Fsp3) is 0.385. The molecule has 1 unspecified atom stereocenters. The molecule has 2 heteroatoms. The zero-order chi connectivity index (χ0) is 11.0. The van der Waals surface area contributed by atoms with Gasteiger partial charge in [-0.25, -0.2) is 0 Å². The van der Waals surface area contributed by atoms with Gasteiger partial charge in [-0.1, -0.05) is 32.0 Å². The molecule has 0 saturated carbocycles. The topological polar surface area (TPSA) is 39.2 Å². The lowest BCUT2D eigenvalue weighted by atomic mass is 10.0. The van der Waals surface area contributed by atoms with Crippen LogP contribution in [-0.4, -0.2) is 0 Å². The second-order valence-corrected chi connectivity index (χ2v) is 4.41. The summed E-state index contributed by atoms with van der Waals surface area (Å²) in [7, 11) is 0. The Morgan fingerprint density at radius 1 is 1.27 bits per heavy atom. The van der Waals surface area contributed by atoms with Crippen molar-refractivity contribution in [2.24, 2.45) is 11.7 Å². The van der Waals surface area contributed by atoms with E-state index in [0.717, 1.165) is 22.3 Å². The normalized spacial score (nSPS) is 13.7. The minimum atomic E-state index is -0.0169. The Labute approximate surface area is 90.1 Å². The van der Waals surface area contributed by atoms with Crippen molar-refractivity contribution < 1.29 is 4.42 Å². The summed E-state index contributed by atoms with van der Waals surface area (Å²) in [6.45, 7) is 6.26. The third kappa shape index (κ3) is 1.77. The molecule has 2 N–H and O–H groups in total. The van der Waals surface area contributed by atoms with Gasteiger partial charge < -0.3 is 10.2 Å². The highest BCUT2D eigenvalue weighted by Gasteiger charge is 2.15. The molecule has 1 aromatic heterocycles. The first-order valence-electron chi connectivity index (χ1n) is 5.34. The van der Waals surface area contributed by atoms with E-state index in [2.05, 4.69) is 32.9 Å². The molecule has 2 rings (SSSR count).